The summed E-state index contributed by atoms with van der Waals surface area (Å²) in [5.41, 5.74) is 4.64. The summed E-state index contributed by atoms with van der Waals surface area (Å²) < 4.78 is 0. The maximum atomic E-state index is 12.4. The molecule has 4 rings (SSSR count). The van der Waals surface area contributed by atoms with Gasteiger partial charge in [0.2, 0.25) is 0 Å². The van der Waals surface area contributed by atoms with Crippen LogP contribution in [0.2, 0.25) is 0 Å². The van der Waals surface area contributed by atoms with E-state index in [-0.39, 0.29) is 5.91 Å². The topological polar surface area (TPSA) is 42.0 Å². The monoisotopic (exact) mass is 306 g/mol. The zero-order valence-corrected chi connectivity index (χ0v) is 12.7. The molecule has 2 heterocycles. The Morgan fingerprint density at radius 3 is 2.82 bits per heavy atom. The molecule has 3 nitrogen and oxygen atoms in total. The van der Waals surface area contributed by atoms with Crippen molar-refractivity contribution in [2.24, 2.45) is 0 Å². The molecule has 108 valence electrons. The molecular formula is C18H14N2OS. The lowest BCUT2D eigenvalue weighted by Crippen LogP contribution is -2.10. The van der Waals surface area contributed by atoms with Crippen LogP contribution in [0.25, 0.3) is 10.4 Å². The molecule has 1 aliphatic carbocycles. The first-order chi connectivity index (χ1) is 10.8. The number of carbonyl (C=O) groups excluding carboxylic acids is 1. The average molecular weight is 306 g/mol. The molecule has 0 fully saturated rings. The molecule has 0 saturated carbocycles. The maximum absolute atomic E-state index is 12.4. The fourth-order valence-corrected chi connectivity index (χ4v) is 3.98. The second-order valence-electron chi connectivity index (χ2n) is 5.32. The standard InChI is InChI=1S/C18H14N2OS/c21-18(20-14-5-3-9-19-11-14)16-10-13-8-7-12-4-1-2-6-15(12)17(13)22-16/h1-6,9-11H,7-8H2,(H,20,21). The Morgan fingerprint density at radius 2 is 1.95 bits per heavy atom. The van der Waals surface area contributed by atoms with E-state index in [1.165, 1.54) is 21.6 Å². The molecule has 1 amide bonds. The van der Waals surface area contributed by atoms with E-state index in [0.29, 0.717) is 0 Å². The van der Waals surface area contributed by atoms with E-state index in [4.69, 9.17) is 0 Å². The van der Waals surface area contributed by atoms with Crippen LogP contribution < -0.4 is 5.32 Å². The van der Waals surface area contributed by atoms with Crippen molar-refractivity contribution in [1.29, 1.82) is 0 Å². The van der Waals surface area contributed by atoms with Crippen LogP contribution in [-0.4, -0.2) is 10.9 Å². The van der Waals surface area contributed by atoms with Crippen molar-refractivity contribution < 1.29 is 4.79 Å². The van der Waals surface area contributed by atoms with Crippen LogP contribution in [0.1, 0.15) is 20.8 Å². The second-order valence-corrected chi connectivity index (χ2v) is 6.37. The number of nitrogens with zero attached hydrogens (tertiary/aromatic N) is 1. The first-order valence-corrected chi connectivity index (χ1v) is 8.05. The SMILES string of the molecule is O=C(Nc1cccnc1)c1cc2c(s1)-c1ccccc1CC2. The van der Waals surface area contributed by atoms with Crippen molar-refractivity contribution in [1.82, 2.24) is 4.98 Å². The molecule has 4 heteroatoms. The van der Waals surface area contributed by atoms with Gasteiger partial charge < -0.3 is 5.32 Å². The maximum Gasteiger partial charge on any atom is 0.265 e. The third kappa shape index (κ3) is 2.31. The van der Waals surface area contributed by atoms with Gasteiger partial charge in [0.05, 0.1) is 16.8 Å². The van der Waals surface area contributed by atoms with Crippen LogP contribution in [0.3, 0.4) is 0 Å². The number of hydrogen-bond donors (Lipinski definition) is 1. The largest absolute Gasteiger partial charge is 0.320 e. The van der Waals surface area contributed by atoms with E-state index >= 15 is 0 Å². The summed E-state index contributed by atoms with van der Waals surface area (Å²) >= 11 is 1.57. The van der Waals surface area contributed by atoms with Gasteiger partial charge in [0.15, 0.2) is 0 Å². The zero-order valence-electron chi connectivity index (χ0n) is 11.9. The Kier molecular flexibility index (Phi) is 3.24. The molecule has 0 bridgehead atoms. The number of fused-ring (bicyclic) bond motifs is 3. The number of aromatic nitrogens is 1. The molecule has 1 N–H and O–H groups in total. The summed E-state index contributed by atoms with van der Waals surface area (Å²) in [5.74, 6) is -0.0649. The van der Waals surface area contributed by atoms with Gasteiger partial charge in [-0.15, -0.1) is 11.3 Å². The van der Waals surface area contributed by atoms with Crippen molar-refractivity contribution in [2.45, 2.75) is 12.8 Å². The van der Waals surface area contributed by atoms with Gasteiger partial charge in [-0.3, -0.25) is 9.78 Å². The first kappa shape index (κ1) is 13.2. The fraction of sp³-hybridized carbons (Fsp3) is 0.111. The van der Waals surface area contributed by atoms with Gasteiger partial charge in [-0.05, 0) is 47.7 Å². The molecule has 2 aromatic heterocycles. The van der Waals surface area contributed by atoms with Gasteiger partial charge in [0, 0.05) is 11.1 Å². The van der Waals surface area contributed by atoms with E-state index in [1.54, 1.807) is 23.7 Å². The molecular weight excluding hydrogens is 292 g/mol. The zero-order chi connectivity index (χ0) is 14.9. The molecule has 0 unspecified atom stereocenters. The van der Waals surface area contributed by atoms with Gasteiger partial charge in [-0.2, -0.15) is 0 Å². The molecule has 1 aromatic carbocycles. The summed E-state index contributed by atoms with van der Waals surface area (Å²) in [6, 6.07) is 14.1. The molecule has 0 saturated heterocycles. The van der Waals surface area contributed by atoms with Gasteiger partial charge >= 0.3 is 0 Å². The highest BCUT2D eigenvalue weighted by Crippen LogP contribution is 2.39. The third-order valence-corrected chi connectivity index (χ3v) is 5.09. The number of amides is 1. The Morgan fingerprint density at radius 1 is 1.09 bits per heavy atom. The minimum Gasteiger partial charge on any atom is -0.320 e. The van der Waals surface area contributed by atoms with Crippen LogP contribution in [0.4, 0.5) is 5.69 Å². The predicted molar refractivity (Wildman–Crippen MR) is 89.4 cm³/mol. The lowest BCUT2D eigenvalue weighted by molar-refractivity contribution is 0.103. The smallest absolute Gasteiger partial charge is 0.265 e. The molecule has 0 aliphatic heterocycles. The Hall–Kier alpha value is -2.46. The number of thiophene rings is 1. The summed E-state index contributed by atoms with van der Waals surface area (Å²) in [4.78, 5) is 18.4. The number of rotatable bonds is 2. The van der Waals surface area contributed by atoms with Crippen LogP contribution in [0, 0.1) is 0 Å². The molecule has 0 atom stereocenters. The number of aryl methyl sites for hydroxylation is 2. The lowest BCUT2D eigenvalue weighted by Gasteiger charge is -2.15. The number of hydrogen-bond acceptors (Lipinski definition) is 3. The number of anilines is 1. The Bertz CT molecular complexity index is 839. The first-order valence-electron chi connectivity index (χ1n) is 7.23. The normalized spacial score (nSPS) is 12.4. The summed E-state index contributed by atoms with van der Waals surface area (Å²) in [7, 11) is 0. The predicted octanol–water partition coefficient (Wildman–Crippen LogP) is 4.16. The summed E-state index contributed by atoms with van der Waals surface area (Å²) in [6.45, 7) is 0. The number of carbonyl (C=O) groups is 1. The highest BCUT2D eigenvalue weighted by Gasteiger charge is 2.21. The van der Waals surface area contributed by atoms with E-state index in [9.17, 15) is 4.79 Å². The van der Waals surface area contributed by atoms with E-state index in [0.717, 1.165) is 23.4 Å². The molecule has 3 aromatic rings. The van der Waals surface area contributed by atoms with Crippen LogP contribution >= 0.6 is 11.3 Å². The van der Waals surface area contributed by atoms with Gasteiger partial charge in [0.1, 0.15) is 0 Å². The van der Waals surface area contributed by atoms with Gasteiger partial charge in [0.25, 0.3) is 5.91 Å². The Balaban J connectivity index is 1.66. The van der Waals surface area contributed by atoms with Crippen molar-refractivity contribution in [3.63, 3.8) is 0 Å². The van der Waals surface area contributed by atoms with Crippen molar-refractivity contribution in [2.75, 3.05) is 5.32 Å². The van der Waals surface area contributed by atoms with Gasteiger partial charge in [-0.1, -0.05) is 24.3 Å². The number of benzene rings is 1. The lowest BCUT2D eigenvalue weighted by atomic mass is 9.91. The van der Waals surface area contributed by atoms with Crippen LogP contribution in [-0.2, 0) is 12.8 Å². The number of pyridine rings is 1. The Labute approximate surface area is 132 Å². The van der Waals surface area contributed by atoms with E-state index < -0.39 is 0 Å². The van der Waals surface area contributed by atoms with Crippen LogP contribution in [0.15, 0.2) is 54.9 Å². The molecule has 0 radical (unpaired) electrons. The molecule has 1 aliphatic rings. The molecule has 0 spiro atoms. The number of nitrogens with one attached hydrogen (secondary N) is 1. The van der Waals surface area contributed by atoms with Crippen LogP contribution in [0.5, 0.6) is 0 Å². The highest BCUT2D eigenvalue weighted by atomic mass is 32.1. The quantitative estimate of drug-likeness (QED) is 0.772. The van der Waals surface area contributed by atoms with Crippen molar-refractivity contribution in [3.8, 4) is 10.4 Å². The van der Waals surface area contributed by atoms with E-state index in [1.807, 2.05) is 18.2 Å². The molecule has 22 heavy (non-hydrogen) atoms. The second kappa shape index (κ2) is 5.39. The summed E-state index contributed by atoms with van der Waals surface area (Å²) in [5, 5.41) is 2.90. The third-order valence-electron chi connectivity index (χ3n) is 3.88. The minimum absolute atomic E-state index is 0.0649. The highest BCUT2D eigenvalue weighted by molar-refractivity contribution is 7.17. The fourth-order valence-electron chi connectivity index (χ4n) is 2.81. The van der Waals surface area contributed by atoms with E-state index in [2.05, 4.69) is 34.6 Å². The summed E-state index contributed by atoms with van der Waals surface area (Å²) in [6.07, 6.45) is 5.39. The average Bonchev–Trinajstić information content (AvgIpc) is 3.00. The van der Waals surface area contributed by atoms with Crippen molar-refractivity contribution >= 4 is 22.9 Å². The van der Waals surface area contributed by atoms with Crippen molar-refractivity contribution in [3.05, 3.63) is 70.9 Å². The minimum atomic E-state index is -0.0649. The van der Waals surface area contributed by atoms with Gasteiger partial charge in [-0.25, -0.2) is 0 Å².